The van der Waals surface area contributed by atoms with Crippen molar-refractivity contribution < 1.29 is 14.3 Å². The number of aryl methyl sites for hydroxylation is 1. The lowest BCUT2D eigenvalue weighted by Crippen LogP contribution is -2.23. The Morgan fingerprint density at radius 2 is 1.91 bits per heavy atom. The second kappa shape index (κ2) is 10.7. The fraction of sp³-hybridized carbons (Fsp3) is 0.360. The topological polar surface area (TPSA) is 72.5 Å². The number of hydrogen-bond donors (Lipinski definition) is 2. The maximum atomic E-state index is 11.2. The summed E-state index contributed by atoms with van der Waals surface area (Å²) in [6.07, 6.45) is 4.50. The maximum Gasteiger partial charge on any atom is 0.343 e. The van der Waals surface area contributed by atoms with Gasteiger partial charge >= 0.3 is 5.97 Å². The van der Waals surface area contributed by atoms with Gasteiger partial charge in [-0.15, -0.1) is 0 Å². The van der Waals surface area contributed by atoms with Gasteiger partial charge in [0.05, 0.1) is 12.6 Å². The number of esters is 1. The van der Waals surface area contributed by atoms with Crippen LogP contribution in [0.2, 0.25) is 5.02 Å². The van der Waals surface area contributed by atoms with E-state index in [4.69, 9.17) is 21.3 Å². The van der Waals surface area contributed by atoms with Gasteiger partial charge in [0.1, 0.15) is 5.75 Å². The van der Waals surface area contributed by atoms with Crippen LogP contribution in [0.3, 0.4) is 0 Å². The number of nitrogens with zero attached hydrogens (tertiary/aromatic N) is 1. The van der Waals surface area contributed by atoms with Crippen LogP contribution in [-0.2, 0) is 28.9 Å². The SMILES string of the molecule is COC(=O)COc1ccc(CNCCNc2c3c(nc4cc(Cl)ccc24)CCCC3)cc1. The molecule has 0 bridgehead atoms. The smallest absolute Gasteiger partial charge is 0.343 e. The molecule has 32 heavy (non-hydrogen) atoms. The van der Waals surface area contributed by atoms with E-state index in [1.807, 2.05) is 36.4 Å². The monoisotopic (exact) mass is 453 g/mol. The van der Waals surface area contributed by atoms with E-state index in [0.717, 1.165) is 54.0 Å². The van der Waals surface area contributed by atoms with Crippen molar-refractivity contribution in [3.63, 3.8) is 0 Å². The van der Waals surface area contributed by atoms with Crippen LogP contribution in [0.5, 0.6) is 5.75 Å². The summed E-state index contributed by atoms with van der Waals surface area (Å²) in [4.78, 5) is 16.0. The molecule has 0 amide bonds. The lowest BCUT2D eigenvalue weighted by Gasteiger charge is -2.22. The van der Waals surface area contributed by atoms with Gasteiger partial charge in [0, 0.05) is 41.4 Å². The normalized spacial score (nSPS) is 12.9. The number of carbonyl (C=O) groups is 1. The van der Waals surface area contributed by atoms with Crippen molar-refractivity contribution >= 4 is 34.2 Å². The van der Waals surface area contributed by atoms with Crippen LogP contribution in [-0.4, -0.2) is 37.8 Å². The molecule has 0 fully saturated rings. The van der Waals surface area contributed by atoms with Crippen molar-refractivity contribution in [2.75, 3.05) is 32.1 Å². The number of ether oxygens (including phenoxy) is 2. The number of carbonyl (C=O) groups excluding carboxylic acids is 1. The summed E-state index contributed by atoms with van der Waals surface area (Å²) in [5.41, 5.74) is 5.87. The van der Waals surface area contributed by atoms with E-state index in [-0.39, 0.29) is 6.61 Å². The molecule has 1 heterocycles. The zero-order chi connectivity index (χ0) is 22.3. The summed E-state index contributed by atoms with van der Waals surface area (Å²) in [5.74, 6) is 0.254. The highest BCUT2D eigenvalue weighted by Gasteiger charge is 2.18. The number of benzene rings is 2. The number of anilines is 1. The first-order chi connectivity index (χ1) is 15.6. The summed E-state index contributed by atoms with van der Waals surface area (Å²) in [7, 11) is 1.34. The lowest BCUT2D eigenvalue weighted by atomic mass is 9.92. The molecule has 0 atom stereocenters. The van der Waals surface area contributed by atoms with E-state index in [1.165, 1.54) is 36.9 Å². The number of hydrogen-bond acceptors (Lipinski definition) is 6. The molecule has 0 spiro atoms. The third kappa shape index (κ3) is 5.50. The van der Waals surface area contributed by atoms with Gasteiger partial charge < -0.3 is 20.1 Å². The Balaban J connectivity index is 1.32. The molecule has 0 unspecified atom stereocenters. The highest BCUT2D eigenvalue weighted by atomic mass is 35.5. The van der Waals surface area contributed by atoms with E-state index in [2.05, 4.69) is 21.4 Å². The Morgan fingerprint density at radius 3 is 2.72 bits per heavy atom. The fourth-order valence-electron chi connectivity index (χ4n) is 4.01. The molecule has 4 rings (SSSR count). The van der Waals surface area contributed by atoms with Crippen LogP contribution >= 0.6 is 11.6 Å². The third-order valence-electron chi connectivity index (χ3n) is 5.67. The summed E-state index contributed by atoms with van der Waals surface area (Å²) < 4.78 is 9.95. The van der Waals surface area contributed by atoms with Gasteiger partial charge in [-0.1, -0.05) is 23.7 Å². The zero-order valence-electron chi connectivity index (χ0n) is 18.2. The largest absolute Gasteiger partial charge is 0.482 e. The van der Waals surface area contributed by atoms with E-state index in [9.17, 15) is 4.79 Å². The Morgan fingerprint density at radius 1 is 1.09 bits per heavy atom. The predicted molar refractivity (Wildman–Crippen MR) is 128 cm³/mol. The van der Waals surface area contributed by atoms with Crippen LogP contribution < -0.4 is 15.4 Å². The Hall–Kier alpha value is -2.83. The Bertz CT molecular complexity index is 1090. The van der Waals surface area contributed by atoms with Crippen molar-refractivity contribution in [1.29, 1.82) is 0 Å². The van der Waals surface area contributed by atoms with Gasteiger partial charge in [-0.3, -0.25) is 4.98 Å². The Labute approximate surface area is 193 Å². The molecule has 6 nitrogen and oxygen atoms in total. The van der Waals surface area contributed by atoms with Gasteiger partial charge in [0.15, 0.2) is 6.61 Å². The molecule has 0 aliphatic heterocycles. The average molecular weight is 454 g/mol. The number of fused-ring (bicyclic) bond motifs is 2. The first-order valence-electron chi connectivity index (χ1n) is 11.0. The first-order valence-corrected chi connectivity index (χ1v) is 11.4. The van der Waals surface area contributed by atoms with Crippen LogP contribution in [0.4, 0.5) is 5.69 Å². The molecule has 0 saturated heterocycles. The van der Waals surface area contributed by atoms with Gasteiger partial charge in [-0.05, 0) is 67.1 Å². The van der Waals surface area contributed by atoms with Crippen molar-refractivity contribution in [2.24, 2.45) is 0 Å². The molecule has 1 aromatic heterocycles. The minimum Gasteiger partial charge on any atom is -0.482 e. The van der Waals surface area contributed by atoms with Crippen molar-refractivity contribution in [1.82, 2.24) is 10.3 Å². The van der Waals surface area contributed by atoms with E-state index in [0.29, 0.717) is 5.75 Å². The van der Waals surface area contributed by atoms with E-state index in [1.54, 1.807) is 0 Å². The molecule has 7 heteroatoms. The molecule has 0 saturated carbocycles. The lowest BCUT2D eigenvalue weighted by molar-refractivity contribution is -0.142. The van der Waals surface area contributed by atoms with Crippen LogP contribution in [0.1, 0.15) is 29.7 Å². The standard InChI is InChI=1S/C25H28ClN3O3/c1-31-24(30)16-32-19-9-6-17(7-10-19)15-27-12-13-28-25-20-4-2-3-5-22(20)29-23-14-18(26)8-11-21(23)25/h6-11,14,27H,2-5,12-13,15-16H2,1H3,(H,28,29). The predicted octanol–water partition coefficient (Wildman–Crippen LogP) is 4.52. The highest BCUT2D eigenvalue weighted by molar-refractivity contribution is 6.31. The van der Waals surface area contributed by atoms with Gasteiger partial charge in [0.25, 0.3) is 0 Å². The molecule has 0 radical (unpaired) electrons. The number of halogens is 1. The Kier molecular flexibility index (Phi) is 7.45. The second-order valence-corrected chi connectivity index (χ2v) is 8.33. The third-order valence-corrected chi connectivity index (χ3v) is 5.90. The number of rotatable bonds is 9. The van der Waals surface area contributed by atoms with Crippen molar-refractivity contribution in [2.45, 2.75) is 32.2 Å². The first kappa shape index (κ1) is 22.4. The van der Waals surface area contributed by atoms with Gasteiger partial charge in [-0.25, -0.2) is 4.79 Å². The number of nitrogens with one attached hydrogen (secondary N) is 2. The fourth-order valence-corrected chi connectivity index (χ4v) is 4.18. The molecule has 1 aliphatic carbocycles. The zero-order valence-corrected chi connectivity index (χ0v) is 19.0. The van der Waals surface area contributed by atoms with Crippen LogP contribution in [0.15, 0.2) is 42.5 Å². The molecular formula is C25H28ClN3O3. The summed E-state index contributed by atoms with van der Waals surface area (Å²) in [6.45, 7) is 2.31. The molecule has 3 aromatic rings. The van der Waals surface area contributed by atoms with Crippen LogP contribution in [0.25, 0.3) is 10.9 Å². The number of methoxy groups -OCH3 is 1. The van der Waals surface area contributed by atoms with E-state index < -0.39 is 5.97 Å². The van der Waals surface area contributed by atoms with Gasteiger partial charge in [0.2, 0.25) is 0 Å². The maximum absolute atomic E-state index is 11.2. The number of pyridine rings is 1. The molecule has 168 valence electrons. The molecule has 2 N–H and O–H groups in total. The molecule has 2 aromatic carbocycles. The highest BCUT2D eigenvalue weighted by Crippen LogP contribution is 2.34. The molecular weight excluding hydrogens is 426 g/mol. The summed E-state index contributed by atoms with van der Waals surface area (Å²) in [6, 6.07) is 13.7. The molecule has 1 aliphatic rings. The van der Waals surface area contributed by atoms with Crippen molar-refractivity contribution in [3.8, 4) is 5.75 Å². The van der Waals surface area contributed by atoms with Crippen LogP contribution in [0, 0.1) is 0 Å². The van der Waals surface area contributed by atoms with Crippen molar-refractivity contribution in [3.05, 3.63) is 64.3 Å². The van der Waals surface area contributed by atoms with Gasteiger partial charge in [-0.2, -0.15) is 0 Å². The average Bonchev–Trinajstić information content (AvgIpc) is 2.82. The van der Waals surface area contributed by atoms with E-state index >= 15 is 0 Å². The minimum absolute atomic E-state index is 0.0840. The quantitative estimate of drug-likeness (QED) is 0.366. The minimum atomic E-state index is -0.394. The summed E-state index contributed by atoms with van der Waals surface area (Å²) in [5, 5.41) is 8.98. The second-order valence-electron chi connectivity index (χ2n) is 7.89. The number of aromatic nitrogens is 1. The summed E-state index contributed by atoms with van der Waals surface area (Å²) >= 11 is 6.21.